The molecule has 1 aromatic heterocycles. The van der Waals surface area contributed by atoms with E-state index < -0.39 is 10.0 Å². The summed E-state index contributed by atoms with van der Waals surface area (Å²) >= 11 is 0. The summed E-state index contributed by atoms with van der Waals surface area (Å²) in [6, 6.07) is 0. The maximum absolute atomic E-state index is 12.4. The molecule has 8 heteroatoms. The third-order valence-corrected chi connectivity index (χ3v) is 5.68. The Hall–Kier alpha value is -1.25. The number of hydrogen-bond donors (Lipinski definition) is 1. The van der Waals surface area contributed by atoms with Gasteiger partial charge in [0, 0.05) is 32.7 Å². The summed E-state index contributed by atoms with van der Waals surface area (Å²) in [7, 11) is -3.49. The van der Waals surface area contributed by atoms with Crippen molar-refractivity contribution in [2.24, 2.45) is 5.92 Å². The van der Waals surface area contributed by atoms with Gasteiger partial charge in [0.25, 0.3) is 0 Å². The summed E-state index contributed by atoms with van der Waals surface area (Å²) < 4.78 is 26.4. The van der Waals surface area contributed by atoms with Crippen molar-refractivity contribution in [3.05, 3.63) is 12.4 Å². The van der Waals surface area contributed by atoms with Gasteiger partial charge in [0.15, 0.2) is 0 Å². The van der Waals surface area contributed by atoms with Gasteiger partial charge in [-0.15, -0.1) is 0 Å². The maximum Gasteiger partial charge on any atom is 0.246 e. The number of anilines is 1. The molecule has 1 aromatic rings. The zero-order chi connectivity index (χ0) is 14.2. The van der Waals surface area contributed by atoms with Crippen LogP contribution in [0.4, 0.5) is 5.95 Å². The molecule has 0 amide bonds. The second kappa shape index (κ2) is 5.27. The second-order valence-electron chi connectivity index (χ2n) is 5.43. The van der Waals surface area contributed by atoms with Crippen LogP contribution in [0.3, 0.4) is 0 Å². The predicted molar refractivity (Wildman–Crippen MR) is 74.4 cm³/mol. The molecular formula is C12H19N5O2S. The average molecular weight is 297 g/mol. The lowest BCUT2D eigenvalue weighted by molar-refractivity contribution is 0.182. The summed E-state index contributed by atoms with van der Waals surface area (Å²) in [4.78, 5) is 9.97. The average Bonchev–Trinajstić information content (AvgIpc) is 3.24. The van der Waals surface area contributed by atoms with Gasteiger partial charge in [0.1, 0.15) is 4.90 Å². The Balaban J connectivity index is 1.65. The van der Waals surface area contributed by atoms with Gasteiger partial charge in [-0.05, 0) is 18.8 Å². The van der Waals surface area contributed by atoms with Crippen LogP contribution in [0.25, 0.3) is 0 Å². The molecule has 1 saturated carbocycles. The van der Waals surface area contributed by atoms with Crippen LogP contribution in [-0.2, 0) is 10.0 Å². The smallest absolute Gasteiger partial charge is 0.246 e. The van der Waals surface area contributed by atoms with Crippen molar-refractivity contribution in [1.82, 2.24) is 19.2 Å². The van der Waals surface area contributed by atoms with Crippen molar-refractivity contribution >= 4 is 16.0 Å². The molecule has 1 saturated heterocycles. The molecule has 0 unspecified atom stereocenters. The van der Waals surface area contributed by atoms with E-state index in [0.717, 1.165) is 25.6 Å². The van der Waals surface area contributed by atoms with Crippen LogP contribution in [0, 0.1) is 5.92 Å². The Bertz CT molecular complexity index is 562. The normalized spacial score (nSPS) is 22.0. The fourth-order valence-corrected chi connectivity index (χ4v) is 3.74. The Morgan fingerprint density at radius 3 is 2.30 bits per heavy atom. The third kappa shape index (κ3) is 2.92. The van der Waals surface area contributed by atoms with Crippen molar-refractivity contribution in [1.29, 1.82) is 0 Å². The summed E-state index contributed by atoms with van der Waals surface area (Å²) in [5.74, 6) is 0.918. The van der Waals surface area contributed by atoms with Gasteiger partial charge < -0.3 is 10.6 Å². The summed E-state index contributed by atoms with van der Waals surface area (Å²) in [5, 5.41) is 0. The minimum absolute atomic E-state index is 0.0817. The molecule has 2 aliphatic rings. The number of nitrogens with zero attached hydrogens (tertiary/aromatic N) is 4. The highest BCUT2D eigenvalue weighted by atomic mass is 32.2. The van der Waals surface area contributed by atoms with Gasteiger partial charge in [0.2, 0.25) is 16.0 Å². The van der Waals surface area contributed by atoms with Gasteiger partial charge >= 0.3 is 0 Å². The van der Waals surface area contributed by atoms with Gasteiger partial charge in [-0.25, -0.2) is 18.4 Å². The molecule has 7 nitrogen and oxygen atoms in total. The number of rotatable bonds is 4. The number of aromatic nitrogens is 2. The zero-order valence-electron chi connectivity index (χ0n) is 11.3. The Kier molecular flexibility index (Phi) is 3.61. The lowest BCUT2D eigenvalue weighted by atomic mass is 10.3. The van der Waals surface area contributed by atoms with E-state index in [1.807, 2.05) is 0 Å². The lowest BCUT2D eigenvalue weighted by Gasteiger charge is -2.33. The Morgan fingerprint density at radius 1 is 1.15 bits per heavy atom. The number of piperazine rings is 1. The first-order chi connectivity index (χ1) is 9.55. The molecule has 110 valence electrons. The van der Waals surface area contributed by atoms with E-state index in [9.17, 15) is 8.42 Å². The van der Waals surface area contributed by atoms with Crippen LogP contribution in [0.2, 0.25) is 0 Å². The van der Waals surface area contributed by atoms with Crippen LogP contribution in [0.5, 0.6) is 0 Å². The molecule has 20 heavy (non-hydrogen) atoms. The van der Waals surface area contributed by atoms with Crippen LogP contribution in [-0.4, -0.2) is 60.3 Å². The molecule has 0 radical (unpaired) electrons. The highest BCUT2D eigenvalue weighted by Gasteiger charge is 2.31. The maximum atomic E-state index is 12.4. The summed E-state index contributed by atoms with van der Waals surface area (Å²) in [6.07, 6.45) is 5.19. The number of hydrogen-bond acceptors (Lipinski definition) is 6. The van der Waals surface area contributed by atoms with E-state index in [0.29, 0.717) is 13.1 Å². The Labute approximate surface area is 118 Å². The zero-order valence-corrected chi connectivity index (χ0v) is 12.1. The van der Waals surface area contributed by atoms with Gasteiger partial charge in [-0.1, -0.05) is 0 Å². The number of nitrogen functional groups attached to an aromatic ring is 1. The van der Waals surface area contributed by atoms with Crippen molar-refractivity contribution in [2.75, 3.05) is 38.5 Å². The molecular weight excluding hydrogens is 278 g/mol. The first kappa shape index (κ1) is 13.7. The quantitative estimate of drug-likeness (QED) is 0.825. The highest BCUT2D eigenvalue weighted by Crippen LogP contribution is 2.30. The molecule has 2 fully saturated rings. The first-order valence-electron chi connectivity index (χ1n) is 6.86. The molecule has 1 aliphatic carbocycles. The first-order valence-corrected chi connectivity index (χ1v) is 8.30. The Morgan fingerprint density at radius 2 is 1.75 bits per heavy atom. The monoisotopic (exact) mass is 297 g/mol. The van der Waals surface area contributed by atoms with Crippen LogP contribution in [0.1, 0.15) is 12.8 Å². The lowest BCUT2D eigenvalue weighted by Crippen LogP contribution is -2.49. The van der Waals surface area contributed by atoms with E-state index >= 15 is 0 Å². The standard InChI is InChI=1S/C12H19N5O2S/c13-12-14-7-11(8-15-12)20(18,19)17-5-3-16(4-6-17)9-10-1-2-10/h7-8,10H,1-6,9H2,(H2,13,14,15). The van der Waals surface area contributed by atoms with Gasteiger partial charge in [-0.2, -0.15) is 4.31 Å². The molecule has 3 rings (SSSR count). The van der Waals surface area contributed by atoms with Crippen LogP contribution < -0.4 is 5.73 Å². The molecule has 2 heterocycles. The van der Waals surface area contributed by atoms with E-state index in [-0.39, 0.29) is 10.8 Å². The van der Waals surface area contributed by atoms with Crippen molar-refractivity contribution < 1.29 is 8.42 Å². The minimum atomic E-state index is -3.49. The fraction of sp³-hybridized carbons (Fsp3) is 0.667. The molecule has 1 aliphatic heterocycles. The number of sulfonamides is 1. The van der Waals surface area contributed by atoms with Crippen molar-refractivity contribution in [3.8, 4) is 0 Å². The summed E-state index contributed by atoms with van der Waals surface area (Å²) in [5.41, 5.74) is 5.38. The molecule has 0 atom stereocenters. The predicted octanol–water partition coefficient (Wildman–Crippen LogP) is -0.225. The molecule has 0 aromatic carbocycles. The topological polar surface area (TPSA) is 92.4 Å². The van der Waals surface area contributed by atoms with Crippen molar-refractivity contribution in [3.63, 3.8) is 0 Å². The van der Waals surface area contributed by atoms with Crippen molar-refractivity contribution in [2.45, 2.75) is 17.7 Å². The summed E-state index contributed by atoms with van der Waals surface area (Å²) in [6.45, 7) is 3.76. The van der Waals surface area contributed by atoms with E-state index in [1.54, 1.807) is 0 Å². The largest absolute Gasteiger partial charge is 0.368 e. The van der Waals surface area contributed by atoms with Gasteiger partial charge in [0.05, 0.1) is 12.4 Å². The molecule has 0 spiro atoms. The molecule has 2 N–H and O–H groups in total. The minimum Gasteiger partial charge on any atom is -0.368 e. The van der Waals surface area contributed by atoms with E-state index in [2.05, 4.69) is 14.9 Å². The second-order valence-corrected chi connectivity index (χ2v) is 7.36. The number of nitrogens with two attached hydrogens (primary N) is 1. The third-order valence-electron chi connectivity index (χ3n) is 3.83. The highest BCUT2D eigenvalue weighted by molar-refractivity contribution is 7.89. The van der Waals surface area contributed by atoms with E-state index in [1.165, 1.54) is 29.5 Å². The van der Waals surface area contributed by atoms with E-state index in [4.69, 9.17) is 5.73 Å². The van der Waals surface area contributed by atoms with Crippen LogP contribution in [0.15, 0.2) is 17.3 Å². The molecule has 0 bridgehead atoms. The van der Waals surface area contributed by atoms with Crippen LogP contribution >= 0.6 is 0 Å². The SMILES string of the molecule is Nc1ncc(S(=O)(=O)N2CCN(CC3CC3)CC2)cn1. The van der Waals surface area contributed by atoms with Gasteiger partial charge in [-0.3, -0.25) is 0 Å². The fourth-order valence-electron chi connectivity index (χ4n) is 2.43.